The fourth-order valence-electron chi connectivity index (χ4n) is 2.93. The summed E-state index contributed by atoms with van der Waals surface area (Å²) in [7, 11) is 0. The molecule has 1 fully saturated rings. The van der Waals surface area contributed by atoms with Crippen LogP contribution in [-0.4, -0.2) is 34.8 Å². The predicted molar refractivity (Wildman–Crippen MR) is 91.7 cm³/mol. The first-order chi connectivity index (χ1) is 11.4. The average molecular weight is 328 g/mol. The Morgan fingerprint density at radius 1 is 1.21 bits per heavy atom. The number of carbonyl (C=O) groups excluding carboxylic acids is 1. The van der Waals surface area contributed by atoms with Gasteiger partial charge in [-0.15, -0.1) is 0 Å². The third-order valence-corrected chi connectivity index (χ3v) is 4.67. The zero-order valence-corrected chi connectivity index (χ0v) is 14.7. The second-order valence-electron chi connectivity index (χ2n) is 7.43. The molecule has 5 heteroatoms. The molecule has 1 aromatic carbocycles. The molecular formula is C19H24N2O3. The lowest BCUT2D eigenvalue weighted by atomic mass is 9.66. The lowest BCUT2D eigenvalue weighted by Gasteiger charge is -2.50. The minimum absolute atomic E-state index is 0.125. The van der Waals surface area contributed by atoms with Gasteiger partial charge in [-0.2, -0.15) is 0 Å². The minimum atomic E-state index is -0.317. The van der Waals surface area contributed by atoms with E-state index in [9.17, 15) is 4.79 Å². The Kier molecular flexibility index (Phi) is 4.54. The third-order valence-electron chi connectivity index (χ3n) is 4.67. The van der Waals surface area contributed by atoms with E-state index in [4.69, 9.17) is 9.47 Å². The maximum atomic E-state index is 12.4. The van der Waals surface area contributed by atoms with Gasteiger partial charge in [-0.3, -0.25) is 9.97 Å². The highest BCUT2D eigenvalue weighted by Crippen LogP contribution is 2.45. The van der Waals surface area contributed by atoms with E-state index in [0.717, 1.165) is 18.5 Å². The molecule has 0 bridgehead atoms. The summed E-state index contributed by atoms with van der Waals surface area (Å²) in [4.78, 5) is 20.9. The zero-order valence-electron chi connectivity index (χ0n) is 14.7. The summed E-state index contributed by atoms with van der Waals surface area (Å²) in [5.74, 6) is 0.184. The van der Waals surface area contributed by atoms with E-state index < -0.39 is 0 Å². The number of benzene rings is 1. The van der Waals surface area contributed by atoms with Gasteiger partial charge in [0.1, 0.15) is 6.10 Å². The number of fused-ring (bicyclic) bond motifs is 1. The molecule has 1 aliphatic carbocycles. The molecule has 1 aliphatic rings. The maximum Gasteiger partial charge on any atom is 0.338 e. The topological polar surface area (TPSA) is 61.3 Å². The quantitative estimate of drug-likeness (QED) is 0.784. The van der Waals surface area contributed by atoms with Gasteiger partial charge in [-0.1, -0.05) is 27.7 Å². The van der Waals surface area contributed by atoms with E-state index >= 15 is 0 Å². The minimum Gasteiger partial charge on any atom is -0.458 e. The van der Waals surface area contributed by atoms with Crippen molar-refractivity contribution in [2.45, 2.75) is 46.3 Å². The second-order valence-corrected chi connectivity index (χ2v) is 7.43. The first kappa shape index (κ1) is 16.8. The molecule has 0 spiro atoms. The summed E-state index contributed by atoms with van der Waals surface area (Å²) in [6.07, 6.45) is 4.01. The van der Waals surface area contributed by atoms with Gasteiger partial charge in [0.15, 0.2) is 0 Å². The fourth-order valence-corrected chi connectivity index (χ4v) is 2.93. The Labute approximate surface area is 142 Å². The van der Waals surface area contributed by atoms with Crippen molar-refractivity contribution in [1.82, 2.24) is 9.97 Å². The summed E-state index contributed by atoms with van der Waals surface area (Å²) < 4.78 is 11.6. The standard InChI is InChI=1S/C19H24N2O3/c1-12(2)11-23-16-10-17(19(16,3)4)24-18(22)13-5-6-14-15(9-13)21-8-7-20-14/h5-9,12,16-17H,10-11H2,1-4H3/t16-,17+/m1/s1. The summed E-state index contributed by atoms with van der Waals surface area (Å²) in [6.45, 7) is 9.17. The average Bonchev–Trinajstić information content (AvgIpc) is 2.56. The Morgan fingerprint density at radius 2 is 1.92 bits per heavy atom. The Bertz CT molecular complexity index is 742. The molecular weight excluding hydrogens is 304 g/mol. The molecule has 2 aromatic rings. The van der Waals surface area contributed by atoms with E-state index in [-0.39, 0.29) is 23.6 Å². The van der Waals surface area contributed by atoms with Crippen molar-refractivity contribution in [2.75, 3.05) is 6.61 Å². The number of hydrogen-bond acceptors (Lipinski definition) is 5. The van der Waals surface area contributed by atoms with Crippen molar-refractivity contribution in [3.8, 4) is 0 Å². The first-order valence-electron chi connectivity index (χ1n) is 8.41. The van der Waals surface area contributed by atoms with Crippen LogP contribution in [0, 0.1) is 11.3 Å². The van der Waals surface area contributed by atoms with Gasteiger partial charge in [0.2, 0.25) is 0 Å². The van der Waals surface area contributed by atoms with Crippen LogP contribution in [0.2, 0.25) is 0 Å². The van der Waals surface area contributed by atoms with Crippen LogP contribution < -0.4 is 0 Å². The molecule has 0 radical (unpaired) electrons. The molecule has 2 atom stereocenters. The van der Waals surface area contributed by atoms with Crippen LogP contribution in [0.1, 0.15) is 44.5 Å². The lowest BCUT2D eigenvalue weighted by molar-refractivity contribution is -0.180. The molecule has 128 valence electrons. The van der Waals surface area contributed by atoms with E-state index in [2.05, 4.69) is 37.7 Å². The summed E-state index contributed by atoms with van der Waals surface area (Å²) in [5.41, 5.74) is 1.80. The van der Waals surface area contributed by atoms with Gasteiger partial charge >= 0.3 is 5.97 Å². The van der Waals surface area contributed by atoms with Gasteiger partial charge < -0.3 is 9.47 Å². The van der Waals surface area contributed by atoms with Crippen molar-refractivity contribution in [3.63, 3.8) is 0 Å². The van der Waals surface area contributed by atoms with E-state index in [1.54, 1.807) is 30.6 Å². The van der Waals surface area contributed by atoms with Crippen LogP contribution in [-0.2, 0) is 9.47 Å². The van der Waals surface area contributed by atoms with Crippen LogP contribution in [0.15, 0.2) is 30.6 Å². The highest BCUT2D eigenvalue weighted by Gasteiger charge is 2.51. The Morgan fingerprint density at radius 3 is 2.58 bits per heavy atom. The van der Waals surface area contributed by atoms with Crippen molar-refractivity contribution < 1.29 is 14.3 Å². The van der Waals surface area contributed by atoms with Gasteiger partial charge in [-0.25, -0.2) is 4.79 Å². The number of aromatic nitrogens is 2. The smallest absolute Gasteiger partial charge is 0.338 e. The van der Waals surface area contributed by atoms with E-state index in [0.29, 0.717) is 17.0 Å². The van der Waals surface area contributed by atoms with Crippen molar-refractivity contribution >= 4 is 17.0 Å². The van der Waals surface area contributed by atoms with Gasteiger partial charge in [-0.05, 0) is 24.1 Å². The number of rotatable bonds is 5. The molecule has 0 N–H and O–H groups in total. The monoisotopic (exact) mass is 328 g/mol. The zero-order chi connectivity index (χ0) is 17.3. The number of hydrogen-bond donors (Lipinski definition) is 0. The summed E-state index contributed by atoms with van der Waals surface area (Å²) >= 11 is 0. The van der Waals surface area contributed by atoms with Crippen LogP contribution in [0.3, 0.4) is 0 Å². The second kappa shape index (κ2) is 6.48. The van der Waals surface area contributed by atoms with Gasteiger partial charge in [0.05, 0.1) is 22.7 Å². The van der Waals surface area contributed by atoms with E-state index in [1.807, 2.05) is 0 Å². The molecule has 24 heavy (non-hydrogen) atoms. The van der Waals surface area contributed by atoms with Gasteiger partial charge in [0, 0.05) is 30.8 Å². The van der Waals surface area contributed by atoms with Crippen molar-refractivity contribution in [3.05, 3.63) is 36.2 Å². The number of carbonyl (C=O) groups is 1. The van der Waals surface area contributed by atoms with Crippen molar-refractivity contribution in [2.24, 2.45) is 11.3 Å². The van der Waals surface area contributed by atoms with Gasteiger partial charge in [0.25, 0.3) is 0 Å². The van der Waals surface area contributed by atoms with E-state index in [1.165, 1.54) is 0 Å². The predicted octanol–water partition coefficient (Wildman–Crippen LogP) is 3.63. The van der Waals surface area contributed by atoms with Crippen LogP contribution >= 0.6 is 0 Å². The third kappa shape index (κ3) is 3.26. The number of nitrogens with zero attached hydrogens (tertiary/aromatic N) is 2. The first-order valence-corrected chi connectivity index (χ1v) is 8.41. The number of esters is 1. The molecule has 1 saturated carbocycles. The fraction of sp³-hybridized carbons (Fsp3) is 0.526. The highest BCUT2D eigenvalue weighted by atomic mass is 16.6. The van der Waals surface area contributed by atoms with Crippen LogP contribution in [0.25, 0.3) is 11.0 Å². The molecule has 3 rings (SSSR count). The largest absolute Gasteiger partial charge is 0.458 e. The Hall–Kier alpha value is -2.01. The van der Waals surface area contributed by atoms with Crippen LogP contribution in [0.4, 0.5) is 0 Å². The molecule has 0 saturated heterocycles. The molecule has 0 unspecified atom stereocenters. The van der Waals surface area contributed by atoms with Crippen LogP contribution in [0.5, 0.6) is 0 Å². The summed E-state index contributed by atoms with van der Waals surface area (Å²) in [6, 6.07) is 5.25. The maximum absolute atomic E-state index is 12.4. The molecule has 0 aliphatic heterocycles. The highest BCUT2D eigenvalue weighted by molar-refractivity contribution is 5.93. The number of ether oxygens (including phenoxy) is 2. The lowest BCUT2D eigenvalue weighted by Crippen LogP contribution is -2.56. The molecule has 0 amide bonds. The normalized spacial score (nSPS) is 22.4. The molecule has 5 nitrogen and oxygen atoms in total. The van der Waals surface area contributed by atoms with Crippen molar-refractivity contribution in [1.29, 1.82) is 0 Å². The summed E-state index contributed by atoms with van der Waals surface area (Å²) in [5, 5.41) is 0. The molecule has 1 aromatic heterocycles. The molecule has 1 heterocycles. The Balaban J connectivity index is 1.64. The SMILES string of the molecule is CC(C)CO[C@@H]1C[C@H](OC(=O)c2ccc3nccnc3c2)C1(C)C.